The lowest BCUT2D eigenvalue weighted by Crippen LogP contribution is -1.84. The summed E-state index contributed by atoms with van der Waals surface area (Å²) in [7, 11) is 0. The zero-order valence-corrected chi connectivity index (χ0v) is 5.64. The summed E-state index contributed by atoms with van der Waals surface area (Å²) in [5.74, 6) is 0.476. The first-order valence-corrected chi connectivity index (χ1v) is 2.83. The van der Waals surface area contributed by atoms with Crippen LogP contribution in [-0.2, 0) is 0 Å². The number of nitrogens with zero attached hydrogens (tertiary/aromatic N) is 1. The zero-order valence-electron chi connectivity index (χ0n) is 3.48. The van der Waals surface area contributed by atoms with E-state index in [2.05, 4.69) is 32.6 Å². The summed E-state index contributed by atoms with van der Waals surface area (Å²) in [4.78, 5) is 6.52. The molecule has 0 aromatic carbocycles. The second-order valence-corrected chi connectivity index (χ2v) is 2.28. The molecule has 1 heterocycles. The smallest absolute Gasteiger partial charge is 0.198 e. The van der Waals surface area contributed by atoms with Crippen molar-refractivity contribution in [2.24, 2.45) is 0 Å². The molecular formula is C3H4IN3. The van der Waals surface area contributed by atoms with Gasteiger partial charge in [0.05, 0.1) is 9.90 Å². The molecule has 0 amide bonds. The quantitative estimate of drug-likeness (QED) is 0.614. The van der Waals surface area contributed by atoms with Crippen molar-refractivity contribution in [2.45, 2.75) is 0 Å². The Labute approximate surface area is 54.5 Å². The van der Waals surface area contributed by atoms with Gasteiger partial charge < -0.3 is 10.7 Å². The van der Waals surface area contributed by atoms with Crippen molar-refractivity contribution in [1.29, 1.82) is 0 Å². The van der Waals surface area contributed by atoms with Crippen LogP contribution in [0.1, 0.15) is 0 Å². The van der Waals surface area contributed by atoms with Crippen LogP contribution in [-0.4, -0.2) is 9.97 Å². The number of nitrogen functional groups attached to an aromatic ring is 1. The Kier molecular flexibility index (Phi) is 1.18. The topological polar surface area (TPSA) is 54.7 Å². The Morgan fingerprint density at radius 1 is 1.86 bits per heavy atom. The molecular weight excluding hydrogens is 205 g/mol. The summed E-state index contributed by atoms with van der Waals surface area (Å²) in [5.41, 5.74) is 5.21. The molecule has 1 aromatic rings. The van der Waals surface area contributed by atoms with Crippen molar-refractivity contribution in [2.75, 3.05) is 5.73 Å². The number of H-pyrrole nitrogens is 1. The standard InChI is InChI=1S/C3H4IN3/c4-2-1-6-3(5)7-2/h1H,(H3,5,6,7). The Morgan fingerprint density at radius 3 is 2.71 bits per heavy atom. The third-order valence-corrected chi connectivity index (χ3v) is 1.11. The predicted molar refractivity (Wildman–Crippen MR) is 35.7 cm³/mol. The number of hydrogen-bond donors (Lipinski definition) is 2. The molecule has 0 aliphatic carbocycles. The van der Waals surface area contributed by atoms with E-state index in [4.69, 9.17) is 5.73 Å². The van der Waals surface area contributed by atoms with Gasteiger partial charge in [-0.2, -0.15) is 0 Å². The van der Waals surface area contributed by atoms with Gasteiger partial charge in [0.15, 0.2) is 5.95 Å². The highest BCUT2D eigenvalue weighted by Crippen LogP contribution is 1.99. The number of nitrogens with one attached hydrogen (secondary N) is 1. The maximum atomic E-state index is 5.21. The summed E-state index contributed by atoms with van der Waals surface area (Å²) >= 11 is 2.10. The third kappa shape index (κ3) is 1.05. The second-order valence-electron chi connectivity index (χ2n) is 1.12. The molecule has 3 N–H and O–H groups in total. The number of imidazole rings is 1. The molecule has 0 unspecified atom stereocenters. The van der Waals surface area contributed by atoms with Crippen LogP contribution in [0, 0.1) is 3.70 Å². The maximum Gasteiger partial charge on any atom is 0.198 e. The molecule has 0 saturated heterocycles. The molecule has 0 saturated carbocycles. The van der Waals surface area contributed by atoms with E-state index in [1.807, 2.05) is 0 Å². The van der Waals surface area contributed by atoms with Crippen LogP contribution in [0.25, 0.3) is 0 Å². The molecule has 0 spiro atoms. The number of aromatic nitrogens is 2. The van der Waals surface area contributed by atoms with Crippen LogP contribution in [0.5, 0.6) is 0 Å². The number of halogens is 1. The summed E-state index contributed by atoms with van der Waals surface area (Å²) in [6, 6.07) is 0. The van der Waals surface area contributed by atoms with Crippen LogP contribution in [0.3, 0.4) is 0 Å². The second kappa shape index (κ2) is 1.69. The number of aromatic amines is 1. The van der Waals surface area contributed by atoms with Crippen LogP contribution in [0.2, 0.25) is 0 Å². The van der Waals surface area contributed by atoms with Gasteiger partial charge in [0, 0.05) is 0 Å². The van der Waals surface area contributed by atoms with Gasteiger partial charge in [0.2, 0.25) is 0 Å². The van der Waals surface area contributed by atoms with Crippen molar-refractivity contribution >= 4 is 28.5 Å². The van der Waals surface area contributed by atoms with Crippen molar-refractivity contribution in [3.63, 3.8) is 0 Å². The maximum absolute atomic E-state index is 5.21. The van der Waals surface area contributed by atoms with Crippen LogP contribution < -0.4 is 5.73 Å². The van der Waals surface area contributed by atoms with Crippen molar-refractivity contribution in [3.8, 4) is 0 Å². The molecule has 0 bridgehead atoms. The highest BCUT2D eigenvalue weighted by molar-refractivity contribution is 14.1. The fraction of sp³-hybridized carbons (Fsp3) is 0. The van der Waals surface area contributed by atoms with Crippen LogP contribution in [0.15, 0.2) is 6.20 Å². The van der Waals surface area contributed by atoms with Gasteiger partial charge in [-0.25, -0.2) is 4.98 Å². The average Bonchev–Trinajstić information content (AvgIpc) is 1.87. The SMILES string of the molecule is Nc1ncc(I)[nH]1. The fourth-order valence-corrected chi connectivity index (χ4v) is 0.729. The summed E-state index contributed by atoms with van der Waals surface area (Å²) in [6.07, 6.45) is 1.68. The van der Waals surface area contributed by atoms with E-state index in [0.29, 0.717) is 5.95 Å². The molecule has 0 radical (unpaired) electrons. The van der Waals surface area contributed by atoms with E-state index in [1.54, 1.807) is 6.20 Å². The molecule has 7 heavy (non-hydrogen) atoms. The Balaban J connectivity index is 3.04. The first kappa shape index (κ1) is 4.89. The van der Waals surface area contributed by atoms with Gasteiger partial charge in [-0.05, 0) is 22.6 Å². The monoisotopic (exact) mass is 209 g/mol. The minimum absolute atomic E-state index is 0.476. The van der Waals surface area contributed by atoms with Crippen LogP contribution >= 0.6 is 22.6 Å². The van der Waals surface area contributed by atoms with Crippen molar-refractivity contribution < 1.29 is 0 Å². The Bertz CT molecular complexity index is 142. The fourth-order valence-electron chi connectivity index (χ4n) is 0.313. The first-order valence-electron chi connectivity index (χ1n) is 1.75. The van der Waals surface area contributed by atoms with Gasteiger partial charge in [0.25, 0.3) is 0 Å². The number of anilines is 1. The molecule has 1 rings (SSSR count). The lowest BCUT2D eigenvalue weighted by Gasteiger charge is -1.73. The van der Waals surface area contributed by atoms with E-state index in [1.165, 1.54) is 0 Å². The number of rotatable bonds is 0. The van der Waals surface area contributed by atoms with E-state index in [0.717, 1.165) is 3.70 Å². The molecule has 0 fully saturated rings. The Hall–Kier alpha value is -0.260. The molecule has 3 nitrogen and oxygen atoms in total. The number of nitrogens with two attached hydrogens (primary N) is 1. The summed E-state index contributed by atoms with van der Waals surface area (Å²) < 4.78 is 0.968. The van der Waals surface area contributed by atoms with Gasteiger partial charge in [-0.3, -0.25) is 0 Å². The van der Waals surface area contributed by atoms with Crippen molar-refractivity contribution in [1.82, 2.24) is 9.97 Å². The van der Waals surface area contributed by atoms with E-state index in [9.17, 15) is 0 Å². The normalized spacial score (nSPS) is 9.29. The summed E-state index contributed by atoms with van der Waals surface area (Å²) in [6.45, 7) is 0. The highest BCUT2D eigenvalue weighted by atomic mass is 127. The molecule has 4 heteroatoms. The minimum Gasteiger partial charge on any atom is -0.369 e. The molecule has 38 valence electrons. The largest absolute Gasteiger partial charge is 0.369 e. The number of hydrogen-bond acceptors (Lipinski definition) is 2. The lowest BCUT2D eigenvalue weighted by atomic mass is 11.0. The average molecular weight is 209 g/mol. The molecule has 1 aromatic heterocycles. The first-order chi connectivity index (χ1) is 3.29. The minimum atomic E-state index is 0.476. The lowest BCUT2D eigenvalue weighted by molar-refractivity contribution is 1.31. The van der Waals surface area contributed by atoms with Gasteiger partial charge in [-0.15, -0.1) is 0 Å². The van der Waals surface area contributed by atoms with Crippen LogP contribution in [0.4, 0.5) is 5.95 Å². The van der Waals surface area contributed by atoms with E-state index < -0.39 is 0 Å². The van der Waals surface area contributed by atoms with Gasteiger partial charge >= 0.3 is 0 Å². The molecule has 0 aliphatic rings. The van der Waals surface area contributed by atoms with E-state index >= 15 is 0 Å². The Morgan fingerprint density at radius 2 is 2.57 bits per heavy atom. The third-order valence-electron chi connectivity index (χ3n) is 0.564. The zero-order chi connectivity index (χ0) is 5.28. The van der Waals surface area contributed by atoms with Gasteiger partial charge in [0.1, 0.15) is 0 Å². The van der Waals surface area contributed by atoms with Gasteiger partial charge in [-0.1, -0.05) is 0 Å². The van der Waals surface area contributed by atoms with E-state index in [-0.39, 0.29) is 0 Å². The highest BCUT2D eigenvalue weighted by Gasteiger charge is 1.86. The molecule has 0 aliphatic heterocycles. The van der Waals surface area contributed by atoms with Crippen molar-refractivity contribution in [3.05, 3.63) is 9.90 Å². The predicted octanol–water partition coefficient (Wildman–Crippen LogP) is 0.597. The molecule has 0 atom stereocenters. The summed E-state index contributed by atoms with van der Waals surface area (Å²) in [5, 5.41) is 0.